The zero-order valence-corrected chi connectivity index (χ0v) is 17.9. The van der Waals surface area contributed by atoms with Gasteiger partial charge in [0.25, 0.3) is 5.91 Å². The van der Waals surface area contributed by atoms with E-state index in [1.54, 1.807) is 6.07 Å². The van der Waals surface area contributed by atoms with E-state index in [0.717, 1.165) is 36.7 Å². The number of nitrogens with one attached hydrogen (secondary N) is 1. The second kappa shape index (κ2) is 8.69. The average Bonchev–Trinajstić information content (AvgIpc) is 2.71. The fourth-order valence-corrected chi connectivity index (χ4v) is 4.37. The highest BCUT2D eigenvalue weighted by molar-refractivity contribution is 7.89. The molecule has 3 rings (SSSR count). The highest BCUT2D eigenvalue weighted by Crippen LogP contribution is 2.29. The molecule has 9 heteroatoms. The molecule has 2 aromatic rings. The van der Waals surface area contributed by atoms with Gasteiger partial charge in [-0.3, -0.25) is 4.79 Å². The molecule has 1 N–H and O–H groups in total. The van der Waals surface area contributed by atoms with Crippen LogP contribution >= 0.6 is 11.6 Å². The van der Waals surface area contributed by atoms with E-state index < -0.39 is 21.7 Å². The molecule has 0 spiro atoms. The van der Waals surface area contributed by atoms with Gasteiger partial charge in [-0.15, -0.1) is 0 Å². The minimum absolute atomic E-state index is 0.0000227. The highest BCUT2D eigenvalue weighted by atomic mass is 35.5. The first-order valence-electron chi connectivity index (χ1n) is 9.28. The molecule has 6 nitrogen and oxygen atoms in total. The first-order valence-corrected chi connectivity index (χ1v) is 11.1. The lowest BCUT2D eigenvalue weighted by atomic mass is 10.1. The number of amides is 1. The number of hydrogen-bond donors (Lipinski definition) is 1. The summed E-state index contributed by atoms with van der Waals surface area (Å²) in [4.78, 5) is 15.1. The van der Waals surface area contributed by atoms with E-state index >= 15 is 0 Å². The van der Waals surface area contributed by atoms with E-state index in [9.17, 15) is 17.6 Å². The number of piperidine rings is 1. The Balaban J connectivity index is 2.04. The maximum atomic E-state index is 14.2. The lowest BCUT2D eigenvalue weighted by Gasteiger charge is -2.30. The van der Waals surface area contributed by atoms with E-state index in [1.807, 2.05) is 0 Å². The smallest absolute Gasteiger partial charge is 0.257 e. The Morgan fingerprint density at radius 3 is 2.48 bits per heavy atom. The first-order chi connectivity index (χ1) is 13.7. The van der Waals surface area contributed by atoms with Crippen LogP contribution in [0, 0.1) is 5.82 Å². The van der Waals surface area contributed by atoms with E-state index in [4.69, 9.17) is 11.6 Å². The Kier molecular flexibility index (Phi) is 6.45. The zero-order chi connectivity index (χ0) is 21.2. The van der Waals surface area contributed by atoms with Gasteiger partial charge in [-0.2, -0.15) is 0 Å². The van der Waals surface area contributed by atoms with Crippen molar-refractivity contribution in [2.24, 2.45) is 0 Å². The number of nitrogens with zero attached hydrogens (tertiary/aromatic N) is 2. The van der Waals surface area contributed by atoms with Crippen molar-refractivity contribution in [2.45, 2.75) is 24.2 Å². The second-order valence-electron chi connectivity index (χ2n) is 7.07. The lowest BCUT2D eigenvalue weighted by Crippen LogP contribution is -2.32. The van der Waals surface area contributed by atoms with Crippen molar-refractivity contribution in [3.05, 3.63) is 52.8 Å². The van der Waals surface area contributed by atoms with Gasteiger partial charge in [-0.1, -0.05) is 17.7 Å². The van der Waals surface area contributed by atoms with Crippen molar-refractivity contribution >= 4 is 38.9 Å². The van der Waals surface area contributed by atoms with Crippen molar-refractivity contribution in [3.63, 3.8) is 0 Å². The number of carbonyl (C=O) groups excluding carboxylic acids is 1. The Morgan fingerprint density at radius 2 is 1.83 bits per heavy atom. The van der Waals surface area contributed by atoms with Crippen LogP contribution in [0.1, 0.15) is 29.6 Å². The van der Waals surface area contributed by atoms with Crippen molar-refractivity contribution in [1.29, 1.82) is 0 Å². The van der Waals surface area contributed by atoms with Gasteiger partial charge in [0.1, 0.15) is 0 Å². The third-order valence-corrected chi connectivity index (χ3v) is 6.99. The summed E-state index contributed by atoms with van der Waals surface area (Å²) in [6, 6.07) is 8.80. The van der Waals surface area contributed by atoms with Crippen LogP contribution in [0.25, 0.3) is 0 Å². The number of rotatable bonds is 5. The molecule has 0 radical (unpaired) electrons. The van der Waals surface area contributed by atoms with Crippen LogP contribution in [-0.4, -0.2) is 45.8 Å². The van der Waals surface area contributed by atoms with Crippen molar-refractivity contribution in [1.82, 2.24) is 4.31 Å². The van der Waals surface area contributed by atoms with Gasteiger partial charge in [0, 0.05) is 32.9 Å². The predicted octanol–water partition coefficient (Wildman–Crippen LogP) is 3.97. The summed E-state index contributed by atoms with van der Waals surface area (Å²) in [6.07, 6.45) is 3.09. The molecular formula is C20H23ClFN3O3S. The van der Waals surface area contributed by atoms with Gasteiger partial charge in [-0.05, 0) is 49.6 Å². The molecule has 156 valence electrons. The van der Waals surface area contributed by atoms with Gasteiger partial charge in [0.15, 0.2) is 5.82 Å². The van der Waals surface area contributed by atoms with Crippen molar-refractivity contribution in [3.8, 4) is 0 Å². The highest BCUT2D eigenvalue weighted by Gasteiger charge is 2.24. The van der Waals surface area contributed by atoms with Crippen LogP contribution in [0.3, 0.4) is 0 Å². The van der Waals surface area contributed by atoms with Gasteiger partial charge in [-0.25, -0.2) is 17.1 Å². The van der Waals surface area contributed by atoms with E-state index in [0.29, 0.717) is 5.69 Å². The van der Waals surface area contributed by atoms with Crippen molar-refractivity contribution in [2.75, 3.05) is 37.4 Å². The minimum atomic E-state index is -3.73. The molecular weight excluding hydrogens is 417 g/mol. The van der Waals surface area contributed by atoms with Crippen LogP contribution in [0.4, 0.5) is 15.8 Å². The van der Waals surface area contributed by atoms with Gasteiger partial charge < -0.3 is 10.2 Å². The molecule has 0 aromatic heterocycles. The zero-order valence-electron chi connectivity index (χ0n) is 16.3. The number of anilines is 2. The number of carbonyl (C=O) groups is 1. The minimum Gasteiger partial charge on any atom is -0.371 e. The Hall–Kier alpha value is -2.16. The topological polar surface area (TPSA) is 69.7 Å². The van der Waals surface area contributed by atoms with Crippen LogP contribution in [-0.2, 0) is 10.0 Å². The Bertz CT molecular complexity index is 1020. The molecule has 0 saturated carbocycles. The summed E-state index contributed by atoms with van der Waals surface area (Å²) >= 11 is 5.80. The van der Waals surface area contributed by atoms with Gasteiger partial charge in [0.05, 0.1) is 21.2 Å². The molecule has 0 aliphatic carbocycles. The maximum absolute atomic E-state index is 14.2. The van der Waals surface area contributed by atoms with E-state index in [2.05, 4.69) is 10.2 Å². The molecule has 1 aliphatic heterocycles. The summed E-state index contributed by atoms with van der Waals surface area (Å²) in [6.45, 7) is 1.54. The number of benzene rings is 2. The molecule has 0 bridgehead atoms. The first kappa shape index (κ1) is 21.5. The van der Waals surface area contributed by atoms with Crippen LogP contribution in [0.5, 0.6) is 0 Å². The van der Waals surface area contributed by atoms with Crippen LogP contribution < -0.4 is 10.2 Å². The molecule has 0 atom stereocenters. The maximum Gasteiger partial charge on any atom is 0.257 e. The summed E-state index contributed by atoms with van der Waals surface area (Å²) in [5, 5.41) is 2.41. The lowest BCUT2D eigenvalue weighted by molar-refractivity contribution is 0.102. The van der Waals surface area contributed by atoms with Gasteiger partial charge >= 0.3 is 0 Å². The number of hydrogen-bond acceptors (Lipinski definition) is 4. The molecule has 1 amide bonds. The summed E-state index contributed by atoms with van der Waals surface area (Å²) in [5.41, 5.74) is 0.740. The third kappa shape index (κ3) is 4.55. The number of halogens is 2. The number of sulfonamides is 1. The SMILES string of the molecule is CN(C)S(=O)(=O)c1ccc(N2CCCCC2)c(C(=O)Nc2cccc(Cl)c2F)c1. The van der Waals surface area contributed by atoms with E-state index in [-0.39, 0.29) is 21.2 Å². The second-order valence-corrected chi connectivity index (χ2v) is 9.63. The standard InChI is InChI=1S/C20H23ClFN3O3S/c1-24(2)29(27,28)14-9-10-18(25-11-4-3-5-12-25)15(13-14)20(26)23-17-8-6-7-16(21)19(17)22/h6-10,13H,3-5,11-12H2,1-2H3,(H,23,26). The molecule has 2 aromatic carbocycles. The molecule has 0 unspecified atom stereocenters. The van der Waals surface area contributed by atoms with Crippen molar-refractivity contribution < 1.29 is 17.6 Å². The Morgan fingerprint density at radius 1 is 1.14 bits per heavy atom. The fourth-order valence-electron chi connectivity index (χ4n) is 3.27. The molecule has 1 saturated heterocycles. The molecule has 29 heavy (non-hydrogen) atoms. The van der Waals surface area contributed by atoms with E-state index in [1.165, 1.54) is 44.4 Å². The van der Waals surface area contributed by atoms with Crippen LogP contribution in [0.2, 0.25) is 5.02 Å². The summed E-state index contributed by atoms with van der Waals surface area (Å²) in [5.74, 6) is -1.33. The molecule has 1 aliphatic rings. The monoisotopic (exact) mass is 439 g/mol. The average molecular weight is 440 g/mol. The largest absolute Gasteiger partial charge is 0.371 e. The normalized spacial score (nSPS) is 14.9. The molecule has 1 fully saturated rings. The fraction of sp³-hybridized carbons (Fsp3) is 0.350. The predicted molar refractivity (Wildman–Crippen MR) is 113 cm³/mol. The van der Waals surface area contributed by atoms with Gasteiger partial charge in [0.2, 0.25) is 10.0 Å². The third-order valence-electron chi connectivity index (χ3n) is 4.89. The summed E-state index contributed by atoms with van der Waals surface area (Å²) in [7, 11) is -0.877. The van der Waals surface area contributed by atoms with Crippen LogP contribution in [0.15, 0.2) is 41.3 Å². The summed E-state index contributed by atoms with van der Waals surface area (Å²) < 4.78 is 40.4. The Labute approximate surface area is 175 Å². The molecule has 1 heterocycles. The quantitative estimate of drug-likeness (QED) is 0.765.